The number of hydrogen-bond donors (Lipinski definition) is 1. The Balaban J connectivity index is 1.58. The Morgan fingerprint density at radius 1 is 1.13 bits per heavy atom. The summed E-state index contributed by atoms with van der Waals surface area (Å²) in [5.41, 5.74) is 2.04. The molecule has 0 saturated heterocycles. The third-order valence-electron chi connectivity index (χ3n) is 4.99. The number of ether oxygens (including phenoxy) is 1. The number of benzene rings is 2. The average molecular weight is 418 g/mol. The molecule has 31 heavy (non-hydrogen) atoms. The van der Waals surface area contributed by atoms with Crippen LogP contribution in [0.25, 0.3) is 17.0 Å². The quantitative estimate of drug-likeness (QED) is 0.514. The van der Waals surface area contributed by atoms with Crippen LogP contribution >= 0.6 is 0 Å². The maximum absolute atomic E-state index is 13.0. The van der Waals surface area contributed by atoms with Crippen LogP contribution in [-0.4, -0.2) is 27.0 Å². The van der Waals surface area contributed by atoms with Gasteiger partial charge in [-0.2, -0.15) is 0 Å². The molecule has 0 aliphatic carbocycles. The molecular weight excluding hydrogens is 396 g/mol. The van der Waals surface area contributed by atoms with Crippen molar-refractivity contribution in [3.8, 4) is 22.8 Å². The predicted molar refractivity (Wildman–Crippen MR) is 117 cm³/mol. The number of hydrogen-bond acceptors (Lipinski definition) is 5. The minimum absolute atomic E-state index is 0.0813. The molecule has 0 atom stereocenters. The van der Waals surface area contributed by atoms with E-state index in [2.05, 4.69) is 10.5 Å². The fourth-order valence-corrected chi connectivity index (χ4v) is 3.29. The number of nitrogens with zero attached hydrogens (tertiary/aromatic N) is 3. The maximum atomic E-state index is 13.0. The molecule has 4 rings (SSSR count). The lowest BCUT2D eigenvalue weighted by Crippen LogP contribution is -2.23. The van der Waals surface area contributed by atoms with Crippen LogP contribution in [0.3, 0.4) is 0 Å². The van der Waals surface area contributed by atoms with Gasteiger partial charge >= 0.3 is 0 Å². The van der Waals surface area contributed by atoms with Crippen LogP contribution in [0, 0.1) is 6.92 Å². The van der Waals surface area contributed by atoms with Gasteiger partial charge in [0.15, 0.2) is 11.5 Å². The lowest BCUT2D eigenvalue weighted by Gasteiger charge is -2.07. The lowest BCUT2D eigenvalue weighted by atomic mass is 10.1. The predicted octanol–water partition coefficient (Wildman–Crippen LogP) is 3.79. The van der Waals surface area contributed by atoms with Gasteiger partial charge < -0.3 is 14.6 Å². The maximum Gasteiger partial charge on any atom is 0.295 e. The van der Waals surface area contributed by atoms with E-state index in [-0.39, 0.29) is 16.9 Å². The van der Waals surface area contributed by atoms with Crippen LogP contribution < -0.4 is 15.6 Å². The number of carbonyl (C=O) groups excluding carboxylic acids is 1. The molecule has 0 radical (unpaired) electrons. The first kappa shape index (κ1) is 20.2. The van der Waals surface area contributed by atoms with Gasteiger partial charge in [-0.15, -0.1) is 0 Å². The molecule has 158 valence electrons. The number of amides is 1. The number of anilines is 1. The fourth-order valence-electron chi connectivity index (χ4n) is 3.29. The zero-order valence-electron chi connectivity index (χ0n) is 17.5. The van der Waals surface area contributed by atoms with Crippen molar-refractivity contribution in [2.24, 2.45) is 7.05 Å². The molecule has 2 aromatic heterocycles. The van der Waals surface area contributed by atoms with E-state index in [0.717, 1.165) is 11.3 Å². The Hall–Kier alpha value is -4.07. The molecule has 8 nitrogen and oxygen atoms in total. The van der Waals surface area contributed by atoms with Crippen molar-refractivity contribution in [2.75, 3.05) is 11.9 Å². The SMILES string of the molecule is CCOc1ccc(-c2cc(C(=O)Nc3c(C)n(C)n(-c4ccccc4)c3=O)no2)cc1. The Morgan fingerprint density at radius 2 is 1.84 bits per heavy atom. The normalized spacial score (nSPS) is 10.8. The number of para-hydroxylation sites is 1. The molecule has 0 fully saturated rings. The van der Waals surface area contributed by atoms with Crippen molar-refractivity contribution in [2.45, 2.75) is 13.8 Å². The summed E-state index contributed by atoms with van der Waals surface area (Å²) in [5, 5.41) is 6.54. The smallest absolute Gasteiger partial charge is 0.295 e. The summed E-state index contributed by atoms with van der Waals surface area (Å²) in [6.45, 7) is 4.26. The summed E-state index contributed by atoms with van der Waals surface area (Å²) in [6, 6.07) is 18.1. The van der Waals surface area contributed by atoms with E-state index in [4.69, 9.17) is 9.26 Å². The molecule has 8 heteroatoms. The van der Waals surface area contributed by atoms with E-state index in [1.807, 2.05) is 61.5 Å². The largest absolute Gasteiger partial charge is 0.494 e. The van der Waals surface area contributed by atoms with E-state index in [0.29, 0.717) is 23.7 Å². The van der Waals surface area contributed by atoms with Gasteiger partial charge in [0.2, 0.25) is 0 Å². The molecule has 0 bridgehead atoms. The van der Waals surface area contributed by atoms with Gasteiger partial charge in [-0.1, -0.05) is 23.4 Å². The minimum atomic E-state index is -0.521. The first-order valence-electron chi connectivity index (χ1n) is 9.85. The molecule has 2 aromatic carbocycles. The van der Waals surface area contributed by atoms with E-state index >= 15 is 0 Å². The number of rotatable bonds is 6. The van der Waals surface area contributed by atoms with Crippen molar-refractivity contribution in [3.63, 3.8) is 0 Å². The van der Waals surface area contributed by atoms with Crippen molar-refractivity contribution >= 4 is 11.6 Å². The Bertz CT molecular complexity index is 1270. The third-order valence-corrected chi connectivity index (χ3v) is 4.99. The average Bonchev–Trinajstić information content (AvgIpc) is 3.35. The highest BCUT2D eigenvalue weighted by Gasteiger charge is 2.21. The molecule has 0 unspecified atom stereocenters. The van der Waals surface area contributed by atoms with Crippen LogP contribution in [0.4, 0.5) is 5.69 Å². The second-order valence-corrected chi connectivity index (χ2v) is 6.92. The van der Waals surface area contributed by atoms with Crippen molar-refractivity contribution < 1.29 is 14.1 Å². The van der Waals surface area contributed by atoms with E-state index in [1.165, 1.54) is 4.68 Å². The van der Waals surface area contributed by atoms with Gasteiger partial charge in [0, 0.05) is 18.7 Å². The molecule has 0 aliphatic rings. The Morgan fingerprint density at radius 3 is 2.52 bits per heavy atom. The highest BCUT2D eigenvalue weighted by Crippen LogP contribution is 2.24. The summed E-state index contributed by atoms with van der Waals surface area (Å²) < 4.78 is 14.0. The van der Waals surface area contributed by atoms with Gasteiger partial charge in [0.05, 0.1) is 18.0 Å². The third kappa shape index (κ3) is 3.87. The summed E-state index contributed by atoms with van der Waals surface area (Å²) in [6.07, 6.45) is 0. The van der Waals surface area contributed by atoms with Crippen molar-refractivity contribution in [3.05, 3.63) is 82.4 Å². The van der Waals surface area contributed by atoms with E-state index < -0.39 is 5.91 Å². The molecule has 4 aromatic rings. The zero-order valence-corrected chi connectivity index (χ0v) is 17.5. The summed E-state index contributed by atoms with van der Waals surface area (Å²) >= 11 is 0. The van der Waals surface area contributed by atoms with E-state index in [9.17, 15) is 9.59 Å². The monoisotopic (exact) mass is 418 g/mol. The molecule has 2 heterocycles. The highest BCUT2D eigenvalue weighted by atomic mass is 16.5. The fraction of sp³-hybridized carbons (Fsp3) is 0.174. The molecule has 0 spiro atoms. The number of carbonyl (C=O) groups is 1. The molecule has 1 amide bonds. The second-order valence-electron chi connectivity index (χ2n) is 6.92. The minimum Gasteiger partial charge on any atom is -0.494 e. The Labute approximate surface area is 178 Å². The standard InChI is InChI=1S/C23H22N4O4/c1-4-30-18-12-10-16(11-13-18)20-14-19(25-31-20)22(28)24-21-15(2)26(3)27(23(21)29)17-8-6-5-7-9-17/h5-14H,4H2,1-3H3,(H,24,28). The van der Waals surface area contributed by atoms with Crippen LogP contribution in [0.1, 0.15) is 23.1 Å². The first-order chi connectivity index (χ1) is 15.0. The van der Waals surface area contributed by atoms with Crippen molar-refractivity contribution in [1.82, 2.24) is 14.5 Å². The summed E-state index contributed by atoms with van der Waals surface area (Å²) in [4.78, 5) is 25.7. The van der Waals surface area contributed by atoms with Crippen LogP contribution in [0.2, 0.25) is 0 Å². The second kappa shape index (κ2) is 8.35. The Kier molecular flexibility index (Phi) is 5.44. The lowest BCUT2D eigenvalue weighted by molar-refractivity contribution is 0.101. The molecule has 1 N–H and O–H groups in total. The van der Waals surface area contributed by atoms with Crippen molar-refractivity contribution in [1.29, 1.82) is 0 Å². The summed E-state index contributed by atoms with van der Waals surface area (Å²) in [7, 11) is 1.76. The van der Waals surface area contributed by atoms with Crippen LogP contribution in [-0.2, 0) is 7.05 Å². The van der Waals surface area contributed by atoms with Crippen LogP contribution in [0.5, 0.6) is 5.75 Å². The highest BCUT2D eigenvalue weighted by molar-refractivity contribution is 6.03. The molecule has 0 aliphatic heterocycles. The number of nitrogens with one attached hydrogen (secondary N) is 1. The molecular formula is C23H22N4O4. The van der Waals surface area contributed by atoms with Gasteiger partial charge in [0.25, 0.3) is 11.5 Å². The van der Waals surface area contributed by atoms with Gasteiger partial charge in [-0.05, 0) is 50.2 Å². The van der Waals surface area contributed by atoms with Gasteiger partial charge in [-0.3, -0.25) is 14.3 Å². The summed E-state index contributed by atoms with van der Waals surface area (Å²) in [5.74, 6) is 0.671. The van der Waals surface area contributed by atoms with Gasteiger partial charge in [0.1, 0.15) is 11.4 Å². The first-order valence-corrected chi connectivity index (χ1v) is 9.85. The molecule has 0 saturated carbocycles. The van der Waals surface area contributed by atoms with Crippen LogP contribution in [0.15, 0.2) is 70.0 Å². The van der Waals surface area contributed by atoms with E-state index in [1.54, 1.807) is 24.7 Å². The zero-order chi connectivity index (χ0) is 22.0. The van der Waals surface area contributed by atoms with Gasteiger partial charge in [-0.25, -0.2) is 4.68 Å². The topological polar surface area (TPSA) is 91.3 Å². The number of aromatic nitrogens is 3.